The van der Waals surface area contributed by atoms with Crippen LogP contribution in [0.15, 0.2) is 59.8 Å². The van der Waals surface area contributed by atoms with Gasteiger partial charge in [-0.15, -0.1) is 12.4 Å². The van der Waals surface area contributed by atoms with E-state index in [1.165, 1.54) is 22.3 Å². The monoisotopic (exact) mass is 353 g/mol. The predicted molar refractivity (Wildman–Crippen MR) is 90.0 cm³/mol. The largest absolute Gasteiger partial charge is 0.394 e. The average molecular weight is 354 g/mol. The first-order valence-electron chi connectivity index (χ1n) is 6.68. The lowest BCUT2D eigenvalue weighted by Gasteiger charge is -2.15. The van der Waals surface area contributed by atoms with Crippen LogP contribution in [-0.2, 0) is 10.0 Å². The van der Waals surface area contributed by atoms with Crippen LogP contribution in [0.5, 0.6) is 0 Å². The van der Waals surface area contributed by atoms with Gasteiger partial charge < -0.3 is 10.8 Å². The van der Waals surface area contributed by atoms with Crippen LogP contribution in [0.4, 0.5) is 0 Å². The third-order valence-corrected chi connectivity index (χ3v) is 5.20. The van der Waals surface area contributed by atoms with Gasteiger partial charge in [-0.1, -0.05) is 18.2 Å². The van der Waals surface area contributed by atoms with Crippen LogP contribution in [0.3, 0.4) is 0 Å². The highest BCUT2D eigenvalue weighted by Gasteiger charge is 2.25. The Morgan fingerprint density at radius 2 is 1.91 bits per heavy atom. The maximum Gasteiger partial charge on any atom is 0.268 e. The van der Waals surface area contributed by atoms with Crippen molar-refractivity contribution in [3.05, 3.63) is 60.6 Å². The molecule has 0 amide bonds. The Morgan fingerprint density at radius 1 is 1.22 bits per heavy atom. The highest BCUT2D eigenvalue weighted by molar-refractivity contribution is 7.90. The molecule has 6 nitrogen and oxygen atoms in total. The quantitative estimate of drug-likeness (QED) is 0.743. The van der Waals surface area contributed by atoms with Gasteiger partial charge in [0.05, 0.1) is 28.8 Å². The normalized spacial score (nSPS) is 12.8. The summed E-state index contributed by atoms with van der Waals surface area (Å²) in [6.07, 6.45) is 3.09. The van der Waals surface area contributed by atoms with Crippen molar-refractivity contribution in [1.82, 2.24) is 8.96 Å². The number of nitrogens with zero attached hydrogens (tertiary/aromatic N) is 2. The van der Waals surface area contributed by atoms with E-state index < -0.39 is 16.1 Å². The molecule has 0 unspecified atom stereocenters. The van der Waals surface area contributed by atoms with E-state index in [0.717, 1.165) is 0 Å². The molecule has 0 aliphatic rings. The van der Waals surface area contributed by atoms with Gasteiger partial charge in [0, 0.05) is 17.8 Å². The molecule has 8 heteroatoms. The van der Waals surface area contributed by atoms with Gasteiger partial charge in [-0.2, -0.15) is 0 Å². The van der Waals surface area contributed by atoms with Crippen LogP contribution in [0.2, 0.25) is 0 Å². The summed E-state index contributed by atoms with van der Waals surface area (Å²) < 4.78 is 27.1. The van der Waals surface area contributed by atoms with Crippen molar-refractivity contribution < 1.29 is 13.5 Å². The molecule has 0 aliphatic heterocycles. The number of aliphatic hydroxyl groups excluding tert-OH is 1. The lowest BCUT2D eigenvalue weighted by Crippen LogP contribution is -2.23. The maximum atomic E-state index is 13.0. The van der Waals surface area contributed by atoms with Crippen LogP contribution >= 0.6 is 12.4 Å². The van der Waals surface area contributed by atoms with Gasteiger partial charge in [0.25, 0.3) is 10.0 Å². The molecule has 0 spiro atoms. The van der Waals surface area contributed by atoms with E-state index in [4.69, 9.17) is 5.73 Å². The highest BCUT2D eigenvalue weighted by atomic mass is 35.5. The van der Waals surface area contributed by atoms with Crippen molar-refractivity contribution in [3.8, 4) is 0 Å². The zero-order chi connectivity index (χ0) is 15.7. The number of aromatic nitrogens is 2. The molecule has 0 bridgehead atoms. The van der Waals surface area contributed by atoms with E-state index >= 15 is 0 Å². The number of benzene rings is 1. The standard InChI is InChI=1S/C15H15N3O3S.ClH/c16-13(10-19)15-8-11-9-17-7-6-14(11)18(15)22(20,21)12-4-2-1-3-5-12;/h1-9,13,19H,10,16H2;1H/t13-;/m1./s1. The molecule has 2 heterocycles. The van der Waals surface area contributed by atoms with E-state index in [-0.39, 0.29) is 23.9 Å². The molecule has 0 fully saturated rings. The summed E-state index contributed by atoms with van der Waals surface area (Å²) in [5.74, 6) is 0. The molecule has 0 saturated carbocycles. The van der Waals surface area contributed by atoms with Crippen molar-refractivity contribution >= 4 is 33.3 Å². The Bertz CT molecular complexity index is 910. The summed E-state index contributed by atoms with van der Waals surface area (Å²) in [5.41, 5.74) is 6.69. The number of pyridine rings is 1. The van der Waals surface area contributed by atoms with Crippen LogP contribution in [0.1, 0.15) is 11.7 Å². The Balaban J connectivity index is 0.00000192. The zero-order valence-corrected chi connectivity index (χ0v) is 13.7. The Labute approximate surface area is 140 Å². The van der Waals surface area contributed by atoms with Gasteiger partial charge in [-0.05, 0) is 24.3 Å². The van der Waals surface area contributed by atoms with Gasteiger partial charge in [0.1, 0.15) is 0 Å². The minimum atomic E-state index is -3.81. The third kappa shape index (κ3) is 2.96. The lowest BCUT2D eigenvalue weighted by molar-refractivity contribution is 0.265. The number of nitrogens with two attached hydrogens (primary N) is 1. The summed E-state index contributed by atoms with van der Waals surface area (Å²) in [4.78, 5) is 4.16. The SMILES string of the molecule is Cl.N[C@H](CO)c1cc2cnccc2n1S(=O)(=O)c1ccccc1. The molecule has 3 N–H and O–H groups in total. The van der Waals surface area contributed by atoms with Crippen molar-refractivity contribution in [2.24, 2.45) is 5.73 Å². The van der Waals surface area contributed by atoms with Crippen LogP contribution in [0.25, 0.3) is 10.9 Å². The number of aliphatic hydroxyl groups is 1. The highest BCUT2D eigenvalue weighted by Crippen LogP contribution is 2.27. The molecule has 23 heavy (non-hydrogen) atoms. The van der Waals surface area contributed by atoms with Gasteiger partial charge in [0.2, 0.25) is 0 Å². The molecular weight excluding hydrogens is 338 g/mol. The third-order valence-electron chi connectivity index (χ3n) is 3.44. The molecular formula is C15H16ClN3O3S. The van der Waals surface area contributed by atoms with Crippen LogP contribution < -0.4 is 5.73 Å². The van der Waals surface area contributed by atoms with E-state index in [0.29, 0.717) is 16.6 Å². The second-order valence-electron chi connectivity index (χ2n) is 4.88. The van der Waals surface area contributed by atoms with Crippen LogP contribution in [0, 0.1) is 0 Å². The number of fused-ring (bicyclic) bond motifs is 1. The zero-order valence-electron chi connectivity index (χ0n) is 12.0. The smallest absolute Gasteiger partial charge is 0.268 e. The van der Waals surface area contributed by atoms with Crippen molar-refractivity contribution in [2.45, 2.75) is 10.9 Å². The summed E-state index contributed by atoms with van der Waals surface area (Å²) in [6.45, 7) is -0.353. The van der Waals surface area contributed by atoms with Gasteiger partial charge in [-0.3, -0.25) is 4.98 Å². The molecule has 1 atom stereocenters. The Kier molecular flexibility index (Phi) is 5.06. The topological polar surface area (TPSA) is 98.2 Å². The first kappa shape index (κ1) is 17.4. The number of rotatable bonds is 4. The van der Waals surface area contributed by atoms with Gasteiger partial charge in [-0.25, -0.2) is 12.4 Å². The number of hydrogen-bond donors (Lipinski definition) is 2. The lowest BCUT2D eigenvalue weighted by atomic mass is 10.2. The Morgan fingerprint density at radius 3 is 2.57 bits per heavy atom. The molecule has 3 rings (SSSR count). The van der Waals surface area contributed by atoms with E-state index in [2.05, 4.69) is 4.98 Å². The molecule has 3 aromatic rings. The fourth-order valence-corrected chi connectivity index (χ4v) is 3.97. The predicted octanol–water partition coefficient (Wildman–Crippen LogP) is 1.69. The average Bonchev–Trinajstić information content (AvgIpc) is 2.95. The van der Waals surface area contributed by atoms with Crippen molar-refractivity contribution in [3.63, 3.8) is 0 Å². The second kappa shape index (κ2) is 6.67. The fourth-order valence-electron chi connectivity index (χ4n) is 2.37. The van der Waals surface area contributed by atoms with E-state index in [9.17, 15) is 13.5 Å². The summed E-state index contributed by atoms with van der Waals surface area (Å²) in [6, 6.07) is 10.6. The molecule has 1 aromatic carbocycles. The molecule has 0 aliphatic carbocycles. The molecule has 0 radical (unpaired) electrons. The number of halogens is 1. The second-order valence-corrected chi connectivity index (χ2v) is 6.66. The minimum Gasteiger partial charge on any atom is -0.394 e. The number of hydrogen-bond acceptors (Lipinski definition) is 5. The van der Waals surface area contributed by atoms with E-state index in [1.807, 2.05) is 0 Å². The van der Waals surface area contributed by atoms with Crippen LogP contribution in [-0.4, -0.2) is 29.1 Å². The molecule has 2 aromatic heterocycles. The minimum absolute atomic E-state index is 0. The Hall–Kier alpha value is -1.93. The first-order chi connectivity index (χ1) is 10.6. The van der Waals surface area contributed by atoms with Gasteiger partial charge >= 0.3 is 0 Å². The molecule has 122 valence electrons. The first-order valence-corrected chi connectivity index (χ1v) is 8.12. The maximum absolute atomic E-state index is 13.0. The van der Waals surface area contributed by atoms with Gasteiger partial charge in [0.15, 0.2) is 0 Å². The fraction of sp³-hybridized carbons (Fsp3) is 0.133. The van der Waals surface area contributed by atoms with E-state index in [1.54, 1.807) is 36.5 Å². The summed E-state index contributed by atoms with van der Waals surface area (Å²) in [5, 5.41) is 9.98. The summed E-state index contributed by atoms with van der Waals surface area (Å²) >= 11 is 0. The van der Waals surface area contributed by atoms with Crippen molar-refractivity contribution in [1.29, 1.82) is 0 Å². The molecule has 0 saturated heterocycles. The van der Waals surface area contributed by atoms with Crippen molar-refractivity contribution in [2.75, 3.05) is 6.61 Å². The summed E-state index contributed by atoms with van der Waals surface area (Å²) in [7, 11) is -3.81.